The fraction of sp³-hybridized carbons (Fsp3) is 0.192. The number of benzene rings is 1. The van der Waals surface area contributed by atoms with Crippen LogP contribution in [0.25, 0.3) is 10.9 Å². The SMILES string of the molecule is COc1cnc(N(S)c2ccccn2)c2[nH]cc(C(=O)C(=O)N3CCN(C(=O)c4ccccc4)CC3)c12. The Morgan fingerprint density at radius 1 is 0.973 bits per heavy atom. The number of nitrogens with one attached hydrogen (secondary N) is 1. The largest absolute Gasteiger partial charge is 0.494 e. The topological polar surface area (TPSA) is 112 Å². The average Bonchev–Trinajstić information content (AvgIpc) is 3.41. The van der Waals surface area contributed by atoms with Crippen LogP contribution in [0.1, 0.15) is 20.7 Å². The number of Topliss-reactive ketones (excluding diaryl/α,β-unsaturated/α-hetero) is 1. The van der Waals surface area contributed by atoms with Crippen LogP contribution in [0.4, 0.5) is 11.6 Å². The first-order chi connectivity index (χ1) is 18.0. The van der Waals surface area contributed by atoms with Crippen LogP contribution < -0.4 is 9.04 Å². The van der Waals surface area contributed by atoms with Crippen LogP contribution in [0.5, 0.6) is 5.75 Å². The standard InChI is InChI=1S/C26H24N6O4S/c1-36-19-16-29-24(32(37)20-9-5-6-10-27-20)22-21(19)18(15-28-22)23(33)26(35)31-13-11-30(12-14-31)25(34)17-7-3-2-4-8-17/h2-10,15-16,28,37H,11-14H2,1H3. The smallest absolute Gasteiger partial charge is 0.295 e. The van der Waals surface area contributed by atoms with Crippen LogP contribution in [0.3, 0.4) is 0 Å². The molecule has 0 atom stereocenters. The summed E-state index contributed by atoms with van der Waals surface area (Å²) in [5.74, 6) is -0.126. The highest BCUT2D eigenvalue weighted by atomic mass is 32.1. The van der Waals surface area contributed by atoms with Gasteiger partial charge >= 0.3 is 0 Å². The lowest BCUT2D eigenvalue weighted by atomic mass is 10.1. The van der Waals surface area contributed by atoms with Crippen molar-refractivity contribution in [1.82, 2.24) is 24.8 Å². The van der Waals surface area contributed by atoms with Crippen molar-refractivity contribution < 1.29 is 19.1 Å². The van der Waals surface area contributed by atoms with Gasteiger partial charge in [-0.3, -0.25) is 18.7 Å². The molecule has 1 fully saturated rings. The van der Waals surface area contributed by atoms with Crippen molar-refractivity contribution in [2.45, 2.75) is 0 Å². The third kappa shape index (κ3) is 4.60. The van der Waals surface area contributed by atoms with Gasteiger partial charge in [-0.2, -0.15) is 0 Å². The molecule has 4 aromatic rings. The van der Waals surface area contributed by atoms with E-state index in [-0.39, 0.29) is 24.6 Å². The third-order valence-corrected chi connectivity index (χ3v) is 6.65. The fourth-order valence-corrected chi connectivity index (χ4v) is 4.59. The Hall–Kier alpha value is -4.38. The summed E-state index contributed by atoms with van der Waals surface area (Å²) in [5, 5.41) is 0.429. The van der Waals surface area contributed by atoms with Gasteiger partial charge in [-0.05, 0) is 24.3 Å². The summed E-state index contributed by atoms with van der Waals surface area (Å²) in [4.78, 5) is 54.2. The molecule has 0 spiro atoms. The first-order valence-corrected chi connectivity index (χ1v) is 12.0. The minimum absolute atomic E-state index is 0.0929. The number of nitrogens with zero attached hydrogens (tertiary/aromatic N) is 5. The summed E-state index contributed by atoms with van der Waals surface area (Å²) in [6.45, 7) is 1.21. The predicted octanol–water partition coefficient (Wildman–Crippen LogP) is 3.12. The maximum absolute atomic E-state index is 13.4. The molecule has 1 aromatic carbocycles. The summed E-state index contributed by atoms with van der Waals surface area (Å²) in [6, 6.07) is 14.4. The highest BCUT2D eigenvalue weighted by Crippen LogP contribution is 2.37. The number of ketones is 1. The summed E-state index contributed by atoms with van der Waals surface area (Å²) in [6.07, 6.45) is 4.59. The lowest BCUT2D eigenvalue weighted by Crippen LogP contribution is -2.52. The molecule has 5 rings (SSSR count). The zero-order valence-electron chi connectivity index (χ0n) is 20.0. The molecule has 188 valence electrons. The third-order valence-electron chi connectivity index (χ3n) is 6.25. The van der Waals surface area contributed by atoms with E-state index < -0.39 is 11.7 Å². The second-order valence-electron chi connectivity index (χ2n) is 8.38. The van der Waals surface area contributed by atoms with Crippen molar-refractivity contribution in [3.8, 4) is 5.75 Å². The van der Waals surface area contributed by atoms with Crippen molar-refractivity contribution >= 4 is 53.0 Å². The number of H-pyrrole nitrogens is 1. The molecule has 4 heterocycles. The number of carbonyl (C=O) groups is 3. The first kappa shape index (κ1) is 24.3. The Morgan fingerprint density at radius 2 is 1.68 bits per heavy atom. The number of amides is 2. The molecule has 10 nitrogen and oxygen atoms in total. The van der Waals surface area contributed by atoms with E-state index in [1.807, 2.05) is 24.3 Å². The van der Waals surface area contributed by atoms with Crippen molar-refractivity contribution in [1.29, 1.82) is 0 Å². The zero-order chi connectivity index (χ0) is 25.9. The molecule has 0 aliphatic carbocycles. The summed E-state index contributed by atoms with van der Waals surface area (Å²) >= 11 is 4.54. The van der Waals surface area contributed by atoms with E-state index in [0.29, 0.717) is 46.9 Å². The summed E-state index contributed by atoms with van der Waals surface area (Å²) < 4.78 is 6.95. The highest BCUT2D eigenvalue weighted by Gasteiger charge is 2.31. The van der Waals surface area contributed by atoms with Gasteiger partial charge in [-0.1, -0.05) is 37.1 Å². The van der Waals surface area contributed by atoms with Gasteiger partial charge in [-0.25, -0.2) is 9.97 Å². The maximum atomic E-state index is 13.4. The van der Waals surface area contributed by atoms with E-state index in [0.717, 1.165) is 0 Å². The number of ether oxygens (including phenoxy) is 1. The molecule has 0 unspecified atom stereocenters. The quantitative estimate of drug-likeness (QED) is 0.230. The van der Waals surface area contributed by atoms with E-state index in [9.17, 15) is 14.4 Å². The van der Waals surface area contributed by atoms with Crippen molar-refractivity contribution in [3.05, 3.63) is 78.2 Å². The molecule has 37 heavy (non-hydrogen) atoms. The number of aromatic amines is 1. The predicted molar refractivity (Wildman–Crippen MR) is 141 cm³/mol. The first-order valence-electron chi connectivity index (χ1n) is 11.6. The monoisotopic (exact) mass is 516 g/mol. The van der Waals surface area contributed by atoms with Crippen LogP contribution in [-0.4, -0.2) is 75.6 Å². The molecular formula is C26H24N6O4S. The lowest BCUT2D eigenvalue weighted by Gasteiger charge is -2.34. The molecule has 1 aliphatic heterocycles. The number of thiol groups is 1. The number of pyridine rings is 2. The second-order valence-corrected chi connectivity index (χ2v) is 8.78. The molecule has 2 amide bonds. The maximum Gasteiger partial charge on any atom is 0.295 e. The van der Waals surface area contributed by atoms with E-state index in [4.69, 9.17) is 4.74 Å². The van der Waals surface area contributed by atoms with E-state index in [1.165, 1.54) is 28.7 Å². The number of piperazine rings is 1. The molecule has 11 heteroatoms. The van der Waals surface area contributed by atoms with Gasteiger partial charge in [0.25, 0.3) is 17.6 Å². The molecular weight excluding hydrogens is 492 g/mol. The zero-order valence-corrected chi connectivity index (χ0v) is 20.9. The number of rotatable bonds is 6. The number of aromatic nitrogens is 3. The highest BCUT2D eigenvalue weighted by molar-refractivity contribution is 7.82. The Balaban J connectivity index is 1.37. The Kier molecular flexibility index (Phi) is 6.78. The number of anilines is 2. The fourth-order valence-electron chi connectivity index (χ4n) is 4.32. The van der Waals surface area contributed by atoms with Gasteiger partial charge in [0.15, 0.2) is 5.82 Å². The van der Waals surface area contributed by atoms with Crippen molar-refractivity contribution in [2.75, 3.05) is 37.6 Å². The number of fused-ring (bicyclic) bond motifs is 1. The van der Waals surface area contributed by atoms with Gasteiger partial charge in [0.2, 0.25) is 0 Å². The normalized spacial score (nSPS) is 13.5. The van der Waals surface area contributed by atoms with Crippen LogP contribution in [0, 0.1) is 0 Å². The molecule has 1 aliphatic rings. The van der Waals surface area contributed by atoms with Gasteiger partial charge in [-0.15, -0.1) is 0 Å². The van der Waals surface area contributed by atoms with Gasteiger partial charge in [0.1, 0.15) is 11.6 Å². The Morgan fingerprint density at radius 3 is 2.35 bits per heavy atom. The molecule has 1 N–H and O–H groups in total. The van der Waals surface area contributed by atoms with Gasteiger partial charge in [0, 0.05) is 44.1 Å². The van der Waals surface area contributed by atoms with Crippen LogP contribution in [-0.2, 0) is 4.79 Å². The van der Waals surface area contributed by atoms with Crippen LogP contribution in [0.15, 0.2) is 67.1 Å². The molecule has 1 saturated heterocycles. The van der Waals surface area contributed by atoms with E-state index in [1.54, 1.807) is 35.4 Å². The van der Waals surface area contributed by atoms with Crippen molar-refractivity contribution in [3.63, 3.8) is 0 Å². The number of hydrogen-bond donors (Lipinski definition) is 2. The molecule has 3 aromatic heterocycles. The minimum atomic E-state index is -0.673. The molecule has 0 radical (unpaired) electrons. The minimum Gasteiger partial charge on any atom is -0.494 e. The Bertz CT molecular complexity index is 1450. The summed E-state index contributed by atoms with van der Waals surface area (Å²) in [7, 11) is 1.47. The van der Waals surface area contributed by atoms with Gasteiger partial charge < -0.3 is 19.5 Å². The lowest BCUT2D eigenvalue weighted by molar-refractivity contribution is -0.127. The average molecular weight is 517 g/mol. The van der Waals surface area contributed by atoms with Crippen LogP contribution in [0.2, 0.25) is 0 Å². The number of carbonyl (C=O) groups excluding carboxylic acids is 3. The van der Waals surface area contributed by atoms with E-state index >= 15 is 0 Å². The Labute approximate surface area is 218 Å². The van der Waals surface area contributed by atoms with Crippen LogP contribution >= 0.6 is 12.8 Å². The van der Waals surface area contributed by atoms with Gasteiger partial charge in [0.05, 0.1) is 29.8 Å². The number of methoxy groups -OCH3 is 1. The molecule has 0 bridgehead atoms. The second kappa shape index (κ2) is 10.3. The van der Waals surface area contributed by atoms with E-state index in [2.05, 4.69) is 27.8 Å². The number of hydrogen-bond acceptors (Lipinski definition) is 8. The molecule has 0 saturated carbocycles. The summed E-state index contributed by atoms with van der Waals surface area (Å²) in [5.41, 5.74) is 1.25. The van der Waals surface area contributed by atoms with Crippen molar-refractivity contribution in [2.24, 2.45) is 0 Å².